The quantitative estimate of drug-likeness (QED) is 0.563. The van der Waals surface area contributed by atoms with Crippen molar-refractivity contribution in [3.8, 4) is 6.19 Å². The molecule has 1 aliphatic rings. The van der Waals surface area contributed by atoms with Crippen LogP contribution in [0.2, 0.25) is 0 Å². The zero-order chi connectivity index (χ0) is 9.97. The van der Waals surface area contributed by atoms with Gasteiger partial charge in [0.15, 0.2) is 6.19 Å². The van der Waals surface area contributed by atoms with Crippen LogP contribution in [-0.2, 0) is 12.8 Å². The average molecular weight is 206 g/mol. The number of nitrogens with one attached hydrogen (secondary N) is 1. The fourth-order valence-corrected chi connectivity index (χ4v) is 2.86. The van der Waals surface area contributed by atoms with Crippen LogP contribution in [0.3, 0.4) is 0 Å². The molecule has 72 valence electrons. The summed E-state index contributed by atoms with van der Waals surface area (Å²) in [6.07, 6.45) is 6.24. The van der Waals surface area contributed by atoms with Gasteiger partial charge in [0.25, 0.3) is 5.91 Å². The predicted molar refractivity (Wildman–Crippen MR) is 54.0 cm³/mol. The summed E-state index contributed by atoms with van der Waals surface area (Å²) in [5.41, 5.74) is 1.30. The highest BCUT2D eigenvalue weighted by Gasteiger charge is 2.16. The van der Waals surface area contributed by atoms with Crippen molar-refractivity contribution in [2.45, 2.75) is 25.7 Å². The van der Waals surface area contributed by atoms with E-state index in [9.17, 15) is 4.79 Å². The van der Waals surface area contributed by atoms with E-state index in [2.05, 4.69) is 5.32 Å². The fraction of sp³-hybridized carbons (Fsp3) is 0.400. The number of hydrogen-bond acceptors (Lipinski definition) is 3. The van der Waals surface area contributed by atoms with Crippen LogP contribution >= 0.6 is 11.3 Å². The van der Waals surface area contributed by atoms with Gasteiger partial charge in [0.1, 0.15) is 0 Å². The number of nitriles is 1. The van der Waals surface area contributed by atoms with Gasteiger partial charge in [-0.2, -0.15) is 5.26 Å². The van der Waals surface area contributed by atoms with Crippen molar-refractivity contribution in [2.75, 3.05) is 0 Å². The van der Waals surface area contributed by atoms with Gasteiger partial charge in [-0.25, -0.2) is 0 Å². The van der Waals surface area contributed by atoms with E-state index in [1.165, 1.54) is 34.6 Å². The Labute approximate surface area is 86.4 Å². The summed E-state index contributed by atoms with van der Waals surface area (Å²) >= 11 is 1.52. The van der Waals surface area contributed by atoms with Crippen molar-refractivity contribution in [2.24, 2.45) is 0 Å². The van der Waals surface area contributed by atoms with Crippen molar-refractivity contribution in [3.63, 3.8) is 0 Å². The molecule has 1 aromatic heterocycles. The van der Waals surface area contributed by atoms with Crippen molar-refractivity contribution >= 4 is 17.2 Å². The lowest BCUT2D eigenvalue weighted by molar-refractivity contribution is 0.0977. The first-order chi connectivity index (χ1) is 6.81. The highest BCUT2D eigenvalue weighted by Crippen LogP contribution is 2.29. The fourth-order valence-electron chi connectivity index (χ4n) is 1.71. The van der Waals surface area contributed by atoms with E-state index in [-0.39, 0.29) is 5.91 Å². The second kappa shape index (κ2) is 3.81. The van der Waals surface area contributed by atoms with Crippen LogP contribution in [0.15, 0.2) is 6.07 Å². The first-order valence-electron chi connectivity index (χ1n) is 4.62. The SMILES string of the molecule is N#CNC(=O)c1cc2c(s1)CCCC2. The molecule has 14 heavy (non-hydrogen) atoms. The van der Waals surface area contributed by atoms with E-state index in [4.69, 9.17) is 5.26 Å². The standard InChI is InChI=1S/C10H10N2OS/c11-6-12-10(13)9-5-7-3-1-2-4-8(7)14-9/h5H,1-4H2,(H,12,13). The zero-order valence-corrected chi connectivity index (χ0v) is 8.49. The van der Waals surface area contributed by atoms with Gasteiger partial charge in [-0.05, 0) is 37.3 Å². The highest BCUT2D eigenvalue weighted by atomic mass is 32.1. The minimum Gasteiger partial charge on any atom is -0.267 e. The Morgan fingerprint density at radius 2 is 2.29 bits per heavy atom. The molecule has 1 aromatic rings. The molecule has 0 bridgehead atoms. The molecule has 0 atom stereocenters. The Hall–Kier alpha value is -1.34. The molecular formula is C10H10N2OS. The summed E-state index contributed by atoms with van der Waals surface area (Å²) in [6.45, 7) is 0. The van der Waals surface area contributed by atoms with Crippen LogP contribution in [0.4, 0.5) is 0 Å². The lowest BCUT2D eigenvalue weighted by Gasteiger charge is -2.08. The van der Waals surface area contributed by atoms with Gasteiger partial charge in [-0.3, -0.25) is 10.1 Å². The number of hydrogen-bond donors (Lipinski definition) is 1. The Bertz CT molecular complexity index is 379. The number of rotatable bonds is 1. The van der Waals surface area contributed by atoms with E-state index in [0.717, 1.165) is 12.8 Å². The number of aryl methyl sites for hydroxylation is 2. The van der Waals surface area contributed by atoms with Gasteiger partial charge in [-0.15, -0.1) is 11.3 Å². The maximum atomic E-state index is 11.3. The molecule has 0 spiro atoms. The van der Waals surface area contributed by atoms with Gasteiger partial charge in [-0.1, -0.05) is 0 Å². The number of carbonyl (C=O) groups excluding carboxylic acids is 1. The summed E-state index contributed by atoms with van der Waals surface area (Å²) in [5, 5.41) is 10.5. The van der Waals surface area contributed by atoms with Crippen molar-refractivity contribution in [3.05, 3.63) is 21.4 Å². The molecule has 0 fully saturated rings. The first-order valence-corrected chi connectivity index (χ1v) is 5.44. The Morgan fingerprint density at radius 1 is 1.50 bits per heavy atom. The van der Waals surface area contributed by atoms with Crippen LogP contribution < -0.4 is 5.32 Å². The smallest absolute Gasteiger partial charge is 0.267 e. The monoisotopic (exact) mass is 206 g/mol. The number of amides is 1. The lowest BCUT2D eigenvalue weighted by Crippen LogP contribution is -2.15. The van der Waals surface area contributed by atoms with E-state index < -0.39 is 0 Å². The van der Waals surface area contributed by atoms with E-state index >= 15 is 0 Å². The van der Waals surface area contributed by atoms with Gasteiger partial charge in [0.2, 0.25) is 0 Å². The maximum Gasteiger partial charge on any atom is 0.274 e. The molecule has 0 aromatic carbocycles. The third-order valence-corrected chi connectivity index (χ3v) is 3.63. The molecule has 0 saturated heterocycles. The largest absolute Gasteiger partial charge is 0.274 e. The molecule has 0 saturated carbocycles. The van der Waals surface area contributed by atoms with Crippen LogP contribution in [0.5, 0.6) is 0 Å². The number of nitrogens with zero attached hydrogens (tertiary/aromatic N) is 1. The van der Waals surface area contributed by atoms with Crippen LogP contribution in [0.1, 0.15) is 33.0 Å². The van der Waals surface area contributed by atoms with E-state index in [1.54, 1.807) is 6.19 Å². The normalized spacial score (nSPS) is 14.2. The Kier molecular flexibility index (Phi) is 2.51. The summed E-state index contributed by atoms with van der Waals surface area (Å²) < 4.78 is 0. The topological polar surface area (TPSA) is 52.9 Å². The molecule has 0 unspecified atom stereocenters. The first kappa shape index (κ1) is 9.22. The second-order valence-corrected chi connectivity index (χ2v) is 4.47. The molecule has 3 nitrogen and oxygen atoms in total. The summed E-state index contributed by atoms with van der Waals surface area (Å²) in [4.78, 5) is 13.3. The second-order valence-electron chi connectivity index (χ2n) is 3.33. The molecule has 2 rings (SSSR count). The van der Waals surface area contributed by atoms with Gasteiger partial charge in [0, 0.05) is 4.88 Å². The third kappa shape index (κ3) is 1.64. The lowest BCUT2D eigenvalue weighted by atomic mass is 9.99. The summed E-state index contributed by atoms with van der Waals surface area (Å²) in [6, 6.07) is 1.92. The van der Waals surface area contributed by atoms with Gasteiger partial charge in [0.05, 0.1) is 4.88 Å². The molecule has 0 radical (unpaired) electrons. The average Bonchev–Trinajstić information content (AvgIpc) is 2.61. The van der Waals surface area contributed by atoms with Crippen LogP contribution in [0, 0.1) is 11.5 Å². The van der Waals surface area contributed by atoms with E-state index in [0.29, 0.717) is 4.88 Å². The maximum absolute atomic E-state index is 11.3. The number of fused-ring (bicyclic) bond motifs is 1. The summed E-state index contributed by atoms with van der Waals surface area (Å²) in [5.74, 6) is -0.271. The minimum atomic E-state index is -0.271. The molecule has 1 N–H and O–H groups in total. The predicted octanol–water partition coefficient (Wildman–Crippen LogP) is 1.84. The minimum absolute atomic E-state index is 0.271. The molecule has 0 aliphatic heterocycles. The van der Waals surface area contributed by atoms with Crippen molar-refractivity contribution in [1.82, 2.24) is 5.32 Å². The molecule has 1 heterocycles. The third-order valence-electron chi connectivity index (χ3n) is 2.39. The Morgan fingerprint density at radius 3 is 3.00 bits per heavy atom. The van der Waals surface area contributed by atoms with Gasteiger partial charge >= 0.3 is 0 Å². The molecule has 1 amide bonds. The Balaban J connectivity index is 2.24. The number of thiophene rings is 1. The van der Waals surface area contributed by atoms with E-state index in [1.807, 2.05) is 6.07 Å². The summed E-state index contributed by atoms with van der Waals surface area (Å²) in [7, 11) is 0. The number of carbonyl (C=O) groups is 1. The highest BCUT2D eigenvalue weighted by molar-refractivity contribution is 7.14. The van der Waals surface area contributed by atoms with Gasteiger partial charge < -0.3 is 0 Å². The molecule has 4 heteroatoms. The van der Waals surface area contributed by atoms with Crippen LogP contribution in [0.25, 0.3) is 0 Å². The zero-order valence-electron chi connectivity index (χ0n) is 7.67. The van der Waals surface area contributed by atoms with Crippen molar-refractivity contribution < 1.29 is 4.79 Å². The van der Waals surface area contributed by atoms with Crippen molar-refractivity contribution in [1.29, 1.82) is 5.26 Å². The molecular weight excluding hydrogens is 196 g/mol. The molecule has 1 aliphatic carbocycles. The van der Waals surface area contributed by atoms with Crippen LogP contribution in [-0.4, -0.2) is 5.91 Å².